The lowest BCUT2D eigenvalue weighted by atomic mass is 10.1. The normalized spacial score (nSPS) is 14.7. The summed E-state index contributed by atoms with van der Waals surface area (Å²) in [6.07, 6.45) is 3.34. The minimum absolute atomic E-state index is 0.689. The Morgan fingerprint density at radius 2 is 2.33 bits per heavy atom. The molecule has 2 heterocycles. The van der Waals surface area contributed by atoms with Crippen molar-refractivity contribution in [1.29, 1.82) is 0 Å². The van der Waals surface area contributed by atoms with E-state index in [1.54, 1.807) is 12.5 Å². The van der Waals surface area contributed by atoms with Crippen molar-refractivity contribution in [1.82, 2.24) is 15.3 Å². The second kappa shape index (κ2) is 2.75. The number of rotatable bonds is 0. The van der Waals surface area contributed by atoms with Crippen molar-refractivity contribution >= 4 is 16.6 Å². The molecule has 0 saturated heterocycles. The molecule has 0 bridgehead atoms. The summed E-state index contributed by atoms with van der Waals surface area (Å²) in [5.41, 5.74) is 2.87. The van der Waals surface area contributed by atoms with Crippen LogP contribution in [0.4, 0.5) is 0 Å². The van der Waals surface area contributed by atoms with Gasteiger partial charge < -0.3 is 5.32 Å². The van der Waals surface area contributed by atoms with Gasteiger partial charge in [0.05, 0.1) is 17.3 Å². The van der Waals surface area contributed by atoms with Gasteiger partial charge in [-0.3, -0.25) is 0 Å². The molecular formula is C8H8ClN3. The molecule has 3 nitrogen and oxygen atoms in total. The van der Waals surface area contributed by atoms with Gasteiger partial charge in [-0.15, -0.1) is 0 Å². The van der Waals surface area contributed by atoms with Crippen molar-refractivity contribution in [2.75, 3.05) is 0 Å². The molecule has 0 fully saturated rings. The Hall–Kier alpha value is -1.09. The average Bonchev–Trinajstić information content (AvgIpc) is 2.04. The van der Waals surface area contributed by atoms with Crippen molar-refractivity contribution in [3.63, 3.8) is 0 Å². The van der Waals surface area contributed by atoms with Crippen LogP contribution < -0.4 is 5.32 Å². The highest BCUT2D eigenvalue weighted by atomic mass is 35.5. The number of aryl methyl sites for hydroxylation is 1. The van der Waals surface area contributed by atoms with Crippen molar-refractivity contribution < 1.29 is 0 Å². The maximum atomic E-state index is 5.97. The SMILES string of the molecule is Cc1ncnc2c1C(Cl)=CNC2. The third-order valence-corrected chi connectivity index (χ3v) is 2.15. The summed E-state index contributed by atoms with van der Waals surface area (Å²) in [6, 6.07) is 0. The number of nitrogens with one attached hydrogen (secondary N) is 1. The predicted octanol–water partition coefficient (Wildman–Crippen LogP) is 1.43. The van der Waals surface area contributed by atoms with Crippen molar-refractivity contribution in [3.8, 4) is 0 Å². The molecule has 62 valence electrons. The Morgan fingerprint density at radius 3 is 3.08 bits per heavy atom. The van der Waals surface area contributed by atoms with Crippen LogP contribution >= 0.6 is 11.6 Å². The Kier molecular flexibility index (Phi) is 1.73. The number of hydrogen-bond acceptors (Lipinski definition) is 3. The zero-order chi connectivity index (χ0) is 8.55. The molecule has 4 heteroatoms. The van der Waals surface area contributed by atoms with Crippen molar-refractivity contribution in [2.24, 2.45) is 0 Å². The molecule has 0 spiro atoms. The molecule has 2 rings (SSSR count). The number of nitrogens with zero attached hydrogens (tertiary/aromatic N) is 2. The predicted molar refractivity (Wildman–Crippen MR) is 47.4 cm³/mol. The Morgan fingerprint density at radius 1 is 1.50 bits per heavy atom. The van der Waals surface area contributed by atoms with E-state index in [-0.39, 0.29) is 0 Å². The highest BCUT2D eigenvalue weighted by Gasteiger charge is 2.14. The van der Waals surface area contributed by atoms with Crippen LogP contribution in [0.5, 0.6) is 0 Å². The molecule has 1 aromatic heterocycles. The largest absolute Gasteiger partial charge is 0.384 e. The minimum Gasteiger partial charge on any atom is -0.384 e. The first kappa shape index (κ1) is 7.55. The van der Waals surface area contributed by atoms with Crippen molar-refractivity contribution in [3.05, 3.63) is 29.5 Å². The fourth-order valence-electron chi connectivity index (χ4n) is 1.28. The number of aromatic nitrogens is 2. The van der Waals surface area contributed by atoms with Gasteiger partial charge in [0.1, 0.15) is 6.33 Å². The van der Waals surface area contributed by atoms with E-state index >= 15 is 0 Å². The maximum absolute atomic E-state index is 5.97. The van der Waals surface area contributed by atoms with E-state index in [4.69, 9.17) is 11.6 Å². The molecule has 0 atom stereocenters. The summed E-state index contributed by atoms with van der Waals surface area (Å²) >= 11 is 5.97. The van der Waals surface area contributed by atoms with Crippen molar-refractivity contribution in [2.45, 2.75) is 13.5 Å². The highest BCUT2D eigenvalue weighted by molar-refractivity contribution is 6.49. The number of hydrogen-bond donors (Lipinski definition) is 1. The van der Waals surface area contributed by atoms with E-state index in [2.05, 4.69) is 15.3 Å². The molecular weight excluding hydrogens is 174 g/mol. The van der Waals surface area contributed by atoms with Gasteiger partial charge in [0.15, 0.2) is 0 Å². The van der Waals surface area contributed by atoms with Gasteiger partial charge in [-0.05, 0) is 6.92 Å². The van der Waals surface area contributed by atoms with Gasteiger partial charge >= 0.3 is 0 Å². The maximum Gasteiger partial charge on any atom is 0.116 e. The van der Waals surface area contributed by atoms with E-state index in [1.807, 2.05) is 6.92 Å². The molecule has 1 aliphatic rings. The standard InChI is InChI=1S/C8H8ClN3/c1-5-8-6(9)2-10-3-7(8)12-4-11-5/h2,4,10H,3H2,1H3. The first-order valence-electron chi connectivity index (χ1n) is 3.69. The minimum atomic E-state index is 0.689. The van der Waals surface area contributed by atoms with Gasteiger partial charge in [-0.1, -0.05) is 11.6 Å². The zero-order valence-electron chi connectivity index (χ0n) is 6.63. The molecule has 1 aliphatic heterocycles. The Balaban J connectivity index is 2.64. The van der Waals surface area contributed by atoms with E-state index in [1.165, 1.54) is 0 Å². The number of fused-ring (bicyclic) bond motifs is 1. The Labute approximate surface area is 75.5 Å². The summed E-state index contributed by atoms with van der Waals surface area (Å²) in [7, 11) is 0. The second-order valence-corrected chi connectivity index (χ2v) is 3.06. The zero-order valence-corrected chi connectivity index (χ0v) is 7.39. The molecule has 1 aromatic rings. The fraction of sp³-hybridized carbons (Fsp3) is 0.250. The third-order valence-electron chi connectivity index (χ3n) is 1.85. The molecule has 0 amide bonds. The molecule has 12 heavy (non-hydrogen) atoms. The topological polar surface area (TPSA) is 37.8 Å². The summed E-state index contributed by atoms with van der Waals surface area (Å²) in [5, 5.41) is 3.72. The Bertz CT molecular complexity index is 346. The molecule has 0 unspecified atom stereocenters. The van der Waals surface area contributed by atoms with Crippen LogP contribution in [0, 0.1) is 6.92 Å². The van der Waals surface area contributed by atoms with E-state index < -0.39 is 0 Å². The second-order valence-electron chi connectivity index (χ2n) is 2.65. The molecule has 0 radical (unpaired) electrons. The van der Waals surface area contributed by atoms with Gasteiger partial charge in [0.25, 0.3) is 0 Å². The van der Waals surface area contributed by atoms with E-state index in [0.717, 1.165) is 23.5 Å². The first-order valence-corrected chi connectivity index (χ1v) is 4.07. The number of halogens is 1. The summed E-state index contributed by atoms with van der Waals surface area (Å²) in [5.74, 6) is 0. The average molecular weight is 182 g/mol. The van der Waals surface area contributed by atoms with E-state index in [0.29, 0.717) is 5.03 Å². The van der Waals surface area contributed by atoms with Crippen LogP contribution in [0.15, 0.2) is 12.5 Å². The molecule has 1 N–H and O–H groups in total. The molecule has 0 saturated carbocycles. The lowest BCUT2D eigenvalue weighted by Gasteiger charge is -2.14. The van der Waals surface area contributed by atoms with Crippen LogP contribution in [-0.2, 0) is 6.54 Å². The van der Waals surface area contributed by atoms with Crippen LogP contribution in [0.2, 0.25) is 0 Å². The van der Waals surface area contributed by atoms with E-state index in [9.17, 15) is 0 Å². The van der Waals surface area contributed by atoms with Crippen LogP contribution in [0.3, 0.4) is 0 Å². The summed E-state index contributed by atoms with van der Waals surface area (Å²) in [6.45, 7) is 2.66. The first-order chi connectivity index (χ1) is 5.79. The van der Waals surface area contributed by atoms with Gasteiger partial charge in [-0.2, -0.15) is 0 Å². The van der Waals surface area contributed by atoms with Crippen LogP contribution in [0.1, 0.15) is 17.0 Å². The summed E-state index contributed by atoms with van der Waals surface area (Å²) < 4.78 is 0. The quantitative estimate of drug-likeness (QED) is 0.658. The van der Waals surface area contributed by atoms with Gasteiger partial charge in [0, 0.05) is 17.5 Å². The van der Waals surface area contributed by atoms with Crippen LogP contribution in [0.25, 0.3) is 5.03 Å². The molecule has 0 aromatic carbocycles. The monoisotopic (exact) mass is 181 g/mol. The third kappa shape index (κ3) is 1.06. The smallest absolute Gasteiger partial charge is 0.116 e. The van der Waals surface area contributed by atoms with Gasteiger partial charge in [0.2, 0.25) is 0 Å². The fourth-order valence-corrected chi connectivity index (χ4v) is 1.60. The summed E-state index contributed by atoms with van der Waals surface area (Å²) in [4.78, 5) is 8.21. The lowest BCUT2D eigenvalue weighted by molar-refractivity contribution is 0.806. The molecule has 0 aliphatic carbocycles. The lowest BCUT2D eigenvalue weighted by Crippen LogP contribution is -2.15. The van der Waals surface area contributed by atoms with Crippen LogP contribution in [-0.4, -0.2) is 9.97 Å². The highest BCUT2D eigenvalue weighted by Crippen LogP contribution is 2.25. The van der Waals surface area contributed by atoms with Gasteiger partial charge in [-0.25, -0.2) is 9.97 Å².